The molecule has 0 aromatic heterocycles. The maximum Gasteiger partial charge on any atom is 0.282 e. The first kappa shape index (κ1) is 16.2. The predicted octanol–water partition coefficient (Wildman–Crippen LogP) is 1.41. The van der Waals surface area contributed by atoms with E-state index in [1.165, 1.54) is 0 Å². The molecule has 0 aromatic carbocycles. The molecule has 4 atom stereocenters. The first-order chi connectivity index (χ1) is 9.32. The molecule has 2 fully saturated rings. The zero-order valence-electron chi connectivity index (χ0n) is 13.0. The van der Waals surface area contributed by atoms with E-state index in [-0.39, 0.29) is 12.1 Å². The highest BCUT2D eigenvalue weighted by Gasteiger charge is 2.40. The SMILES string of the molecule is CC1CC(C)CN(S(=O)(=O)N2CCCCC2C(C)N)C1. The minimum Gasteiger partial charge on any atom is -0.326 e. The molecule has 2 aliphatic rings. The van der Waals surface area contributed by atoms with Gasteiger partial charge in [-0.1, -0.05) is 20.3 Å². The molecule has 5 nitrogen and oxygen atoms in total. The lowest BCUT2D eigenvalue weighted by Gasteiger charge is -2.42. The highest BCUT2D eigenvalue weighted by Crippen LogP contribution is 2.29. The van der Waals surface area contributed by atoms with Gasteiger partial charge in [-0.15, -0.1) is 0 Å². The highest BCUT2D eigenvalue weighted by atomic mass is 32.2. The monoisotopic (exact) mass is 303 g/mol. The number of hydrogen-bond donors (Lipinski definition) is 1. The van der Waals surface area contributed by atoms with Crippen molar-refractivity contribution in [1.82, 2.24) is 8.61 Å². The second-order valence-electron chi connectivity index (χ2n) is 6.80. The minimum atomic E-state index is -3.36. The predicted molar refractivity (Wildman–Crippen MR) is 81.4 cm³/mol. The quantitative estimate of drug-likeness (QED) is 0.857. The summed E-state index contributed by atoms with van der Waals surface area (Å²) in [7, 11) is -3.36. The van der Waals surface area contributed by atoms with Crippen LogP contribution in [0, 0.1) is 11.8 Å². The number of rotatable bonds is 3. The molecule has 0 spiro atoms. The van der Waals surface area contributed by atoms with E-state index in [2.05, 4.69) is 13.8 Å². The fourth-order valence-electron chi connectivity index (χ4n) is 3.68. The normalized spacial score (nSPS) is 35.9. The van der Waals surface area contributed by atoms with Crippen LogP contribution in [0.3, 0.4) is 0 Å². The highest BCUT2D eigenvalue weighted by molar-refractivity contribution is 7.86. The van der Waals surface area contributed by atoms with Crippen LogP contribution >= 0.6 is 0 Å². The van der Waals surface area contributed by atoms with Crippen molar-refractivity contribution in [3.63, 3.8) is 0 Å². The third-order valence-electron chi connectivity index (χ3n) is 4.56. The lowest BCUT2D eigenvalue weighted by atomic mass is 9.94. The summed E-state index contributed by atoms with van der Waals surface area (Å²) in [4.78, 5) is 0. The largest absolute Gasteiger partial charge is 0.326 e. The molecule has 0 aromatic rings. The van der Waals surface area contributed by atoms with Crippen LogP contribution in [0.1, 0.15) is 46.5 Å². The number of piperidine rings is 2. The van der Waals surface area contributed by atoms with Crippen molar-refractivity contribution in [1.29, 1.82) is 0 Å². The van der Waals surface area contributed by atoms with E-state index in [1.54, 1.807) is 8.61 Å². The number of nitrogens with two attached hydrogens (primary N) is 1. The maximum absolute atomic E-state index is 12.9. The van der Waals surface area contributed by atoms with Gasteiger partial charge < -0.3 is 5.73 Å². The molecule has 2 rings (SSSR count). The summed E-state index contributed by atoms with van der Waals surface area (Å²) in [6.45, 7) is 8.10. The molecular formula is C14H29N3O2S. The van der Waals surface area contributed by atoms with E-state index >= 15 is 0 Å². The lowest BCUT2D eigenvalue weighted by molar-refractivity contribution is 0.177. The second kappa shape index (κ2) is 6.30. The van der Waals surface area contributed by atoms with Crippen molar-refractivity contribution in [2.45, 2.75) is 58.5 Å². The van der Waals surface area contributed by atoms with E-state index in [0.29, 0.717) is 31.5 Å². The van der Waals surface area contributed by atoms with E-state index in [1.807, 2.05) is 6.92 Å². The van der Waals surface area contributed by atoms with Crippen molar-refractivity contribution >= 4 is 10.2 Å². The molecule has 2 aliphatic heterocycles. The van der Waals surface area contributed by atoms with Gasteiger partial charge in [0.05, 0.1) is 0 Å². The third kappa shape index (κ3) is 3.35. The molecule has 2 saturated heterocycles. The maximum atomic E-state index is 12.9. The van der Waals surface area contributed by atoms with Gasteiger partial charge in [-0.05, 0) is 38.0 Å². The fraction of sp³-hybridized carbons (Fsp3) is 1.00. The molecule has 0 aliphatic carbocycles. The average Bonchev–Trinajstić information content (AvgIpc) is 2.37. The van der Waals surface area contributed by atoms with Crippen LogP contribution in [0.15, 0.2) is 0 Å². The molecule has 0 saturated carbocycles. The zero-order valence-corrected chi connectivity index (χ0v) is 13.8. The van der Waals surface area contributed by atoms with Crippen molar-refractivity contribution in [3.05, 3.63) is 0 Å². The summed E-state index contributed by atoms with van der Waals surface area (Å²) < 4.78 is 29.2. The Labute approximate surface area is 123 Å². The van der Waals surface area contributed by atoms with Gasteiger partial charge in [0.1, 0.15) is 0 Å². The van der Waals surface area contributed by atoms with Crippen LogP contribution in [0.2, 0.25) is 0 Å². The summed E-state index contributed by atoms with van der Waals surface area (Å²) in [6.07, 6.45) is 4.02. The van der Waals surface area contributed by atoms with E-state index in [4.69, 9.17) is 5.73 Å². The Morgan fingerprint density at radius 3 is 2.30 bits per heavy atom. The lowest BCUT2D eigenvalue weighted by Crippen LogP contribution is -2.57. The van der Waals surface area contributed by atoms with Crippen LogP contribution in [0.5, 0.6) is 0 Å². The van der Waals surface area contributed by atoms with Crippen LogP contribution in [0.4, 0.5) is 0 Å². The molecule has 2 N–H and O–H groups in total. The van der Waals surface area contributed by atoms with Crippen LogP contribution in [-0.4, -0.2) is 48.7 Å². The van der Waals surface area contributed by atoms with Crippen molar-refractivity contribution in [2.24, 2.45) is 17.6 Å². The number of nitrogens with zero attached hydrogens (tertiary/aromatic N) is 2. The van der Waals surface area contributed by atoms with Gasteiger partial charge in [0.15, 0.2) is 0 Å². The smallest absolute Gasteiger partial charge is 0.282 e. The summed E-state index contributed by atoms with van der Waals surface area (Å²) in [6, 6.07) is -0.147. The Hall–Kier alpha value is -0.170. The van der Waals surface area contributed by atoms with E-state index in [0.717, 1.165) is 25.7 Å². The van der Waals surface area contributed by atoms with Gasteiger partial charge in [0.2, 0.25) is 0 Å². The van der Waals surface area contributed by atoms with Crippen molar-refractivity contribution < 1.29 is 8.42 Å². The zero-order chi connectivity index (χ0) is 14.9. The van der Waals surface area contributed by atoms with Crippen molar-refractivity contribution in [2.75, 3.05) is 19.6 Å². The molecule has 6 heteroatoms. The molecule has 0 amide bonds. The first-order valence-corrected chi connectivity index (χ1v) is 9.24. The van der Waals surface area contributed by atoms with Gasteiger partial charge in [-0.3, -0.25) is 0 Å². The van der Waals surface area contributed by atoms with E-state index in [9.17, 15) is 8.42 Å². The Bertz CT molecular complexity index is 414. The topological polar surface area (TPSA) is 66.6 Å². The Morgan fingerprint density at radius 1 is 1.15 bits per heavy atom. The standard InChI is InChI=1S/C14H29N3O2S/c1-11-8-12(2)10-16(9-11)20(18,19)17-7-5-4-6-14(17)13(3)15/h11-14H,4-10,15H2,1-3H3. The second-order valence-corrected chi connectivity index (χ2v) is 8.68. The van der Waals surface area contributed by atoms with Crippen LogP contribution < -0.4 is 5.73 Å². The van der Waals surface area contributed by atoms with Gasteiger partial charge in [0, 0.05) is 31.7 Å². The summed E-state index contributed by atoms with van der Waals surface area (Å²) in [5.74, 6) is 0.874. The Balaban J connectivity index is 2.19. The molecule has 0 radical (unpaired) electrons. The minimum absolute atomic E-state index is 0.0405. The molecule has 20 heavy (non-hydrogen) atoms. The fourth-order valence-corrected chi connectivity index (χ4v) is 5.87. The molecular weight excluding hydrogens is 274 g/mol. The summed E-state index contributed by atoms with van der Waals surface area (Å²) in [5, 5.41) is 0. The molecule has 118 valence electrons. The van der Waals surface area contributed by atoms with E-state index < -0.39 is 10.2 Å². The summed E-state index contributed by atoms with van der Waals surface area (Å²) in [5.41, 5.74) is 6.01. The number of hydrogen-bond acceptors (Lipinski definition) is 3. The molecule has 2 heterocycles. The first-order valence-electron chi connectivity index (χ1n) is 7.85. The average molecular weight is 303 g/mol. The van der Waals surface area contributed by atoms with Crippen LogP contribution in [-0.2, 0) is 10.2 Å². The molecule has 4 unspecified atom stereocenters. The van der Waals surface area contributed by atoms with Crippen LogP contribution in [0.25, 0.3) is 0 Å². The van der Waals surface area contributed by atoms with Crippen molar-refractivity contribution in [3.8, 4) is 0 Å². The summed E-state index contributed by atoms with van der Waals surface area (Å²) >= 11 is 0. The third-order valence-corrected chi connectivity index (χ3v) is 6.56. The Kier molecular flexibility index (Phi) is 5.10. The van der Waals surface area contributed by atoms with Gasteiger partial charge >= 0.3 is 0 Å². The molecule has 0 bridgehead atoms. The van der Waals surface area contributed by atoms with Gasteiger partial charge in [-0.2, -0.15) is 17.0 Å². The Morgan fingerprint density at radius 2 is 1.75 bits per heavy atom. The van der Waals surface area contributed by atoms with Gasteiger partial charge in [-0.25, -0.2) is 0 Å². The van der Waals surface area contributed by atoms with Gasteiger partial charge in [0.25, 0.3) is 10.2 Å².